The van der Waals surface area contributed by atoms with Crippen molar-refractivity contribution in [3.8, 4) is 5.75 Å². The Hall–Kier alpha value is -2.04. The molecule has 1 N–H and O–H groups in total. The SMILES string of the molecule is CCN(C(=O)Cc1ccc(C)c(OC)c1)C(C)(C)C(=O)O. The molecule has 5 nitrogen and oxygen atoms in total. The predicted octanol–water partition coefficient (Wildman–Crippen LogP) is 2.26. The van der Waals surface area contributed by atoms with Crippen molar-refractivity contribution in [1.29, 1.82) is 0 Å². The van der Waals surface area contributed by atoms with Gasteiger partial charge in [-0.3, -0.25) is 4.79 Å². The molecule has 0 fully saturated rings. The fourth-order valence-corrected chi connectivity index (χ4v) is 2.24. The Morgan fingerprint density at radius 1 is 1.33 bits per heavy atom. The van der Waals surface area contributed by atoms with E-state index in [1.165, 1.54) is 18.7 Å². The molecule has 1 amide bonds. The van der Waals surface area contributed by atoms with E-state index in [1.54, 1.807) is 14.0 Å². The molecule has 0 unspecified atom stereocenters. The number of benzene rings is 1. The van der Waals surface area contributed by atoms with Crippen molar-refractivity contribution in [3.05, 3.63) is 29.3 Å². The molecule has 0 spiro atoms. The minimum atomic E-state index is -1.22. The van der Waals surface area contributed by atoms with Crippen LogP contribution in [0.1, 0.15) is 31.9 Å². The highest BCUT2D eigenvalue weighted by Crippen LogP contribution is 2.21. The first-order valence-electron chi connectivity index (χ1n) is 6.91. The third-order valence-electron chi connectivity index (χ3n) is 3.64. The second-order valence-corrected chi connectivity index (χ2v) is 5.48. The van der Waals surface area contributed by atoms with Crippen LogP contribution in [0.3, 0.4) is 0 Å². The Balaban J connectivity index is 2.96. The third-order valence-corrected chi connectivity index (χ3v) is 3.64. The van der Waals surface area contributed by atoms with E-state index >= 15 is 0 Å². The van der Waals surface area contributed by atoms with Crippen molar-refractivity contribution in [1.82, 2.24) is 4.90 Å². The molecule has 1 rings (SSSR count). The van der Waals surface area contributed by atoms with Gasteiger partial charge in [0.25, 0.3) is 0 Å². The Morgan fingerprint density at radius 3 is 2.43 bits per heavy atom. The summed E-state index contributed by atoms with van der Waals surface area (Å²) >= 11 is 0. The first kappa shape index (κ1) is 17.0. The van der Waals surface area contributed by atoms with E-state index in [9.17, 15) is 14.7 Å². The fourth-order valence-electron chi connectivity index (χ4n) is 2.24. The van der Waals surface area contributed by atoms with Crippen LogP contribution in [0.2, 0.25) is 0 Å². The number of hydrogen-bond donors (Lipinski definition) is 1. The van der Waals surface area contributed by atoms with Gasteiger partial charge in [0, 0.05) is 6.54 Å². The molecule has 0 aliphatic carbocycles. The number of carboxylic acid groups (broad SMARTS) is 1. The molecule has 0 saturated carbocycles. The molecule has 0 aliphatic heterocycles. The van der Waals surface area contributed by atoms with E-state index in [0.29, 0.717) is 6.54 Å². The summed E-state index contributed by atoms with van der Waals surface area (Å²) in [5.41, 5.74) is 0.578. The largest absolute Gasteiger partial charge is 0.496 e. The Bertz CT molecular complexity index is 537. The zero-order valence-electron chi connectivity index (χ0n) is 13.3. The number of aliphatic carboxylic acids is 1. The number of methoxy groups -OCH3 is 1. The van der Waals surface area contributed by atoms with Crippen molar-refractivity contribution in [2.24, 2.45) is 0 Å². The fraction of sp³-hybridized carbons (Fsp3) is 0.500. The summed E-state index contributed by atoms with van der Waals surface area (Å²) in [7, 11) is 1.58. The summed E-state index contributed by atoms with van der Waals surface area (Å²) in [5, 5.41) is 9.26. The number of carboxylic acids is 1. The van der Waals surface area contributed by atoms with Crippen LogP contribution in [0.4, 0.5) is 0 Å². The smallest absolute Gasteiger partial charge is 0.329 e. The molecule has 0 atom stereocenters. The van der Waals surface area contributed by atoms with E-state index in [1.807, 2.05) is 25.1 Å². The van der Waals surface area contributed by atoms with Crippen LogP contribution in [-0.2, 0) is 16.0 Å². The van der Waals surface area contributed by atoms with Crippen molar-refractivity contribution in [2.45, 2.75) is 39.7 Å². The molecule has 0 heterocycles. The van der Waals surface area contributed by atoms with Gasteiger partial charge in [0.1, 0.15) is 11.3 Å². The van der Waals surface area contributed by atoms with E-state index < -0.39 is 11.5 Å². The highest BCUT2D eigenvalue weighted by molar-refractivity contribution is 5.87. The molecule has 0 bridgehead atoms. The summed E-state index contributed by atoms with van der Waals surface area (Å²) in [4.78, 5) is 25.1. The lowest BCUT2D eigenvalue weighted by Crippen LogP contribution is -2.53. The van der Waals surface area contributed by atoms with E-state index in [2.05, 4.69) is 0 Å². The topological polar surface area (TPSA) is 66.8 Å². The van der Waals surface area contributed by atoms with Gasteiger partial charge in [0.2, 0.25) is 5.91 Å². The normalized spacial score (nSPS) is 11.1. The number of carbonyl (C=O) groups excluding carboxylic acids is 1. The number of likely N-dealkylation sites (N-methyl/N-ethyl adjacent to an activating group) is 1. The second-order valence-electron chi connectivity index (χ2n) is 5.48. The van der Waals surface area contributed by atoms with Gasteiger partial charge in [-0.2, -0.15) is 0 Å². The molecule has 21 heavy (non-hydrogen) atoms. The number of aryl methyl sites for hydroxylation is 1. The Labute approximate surface area is 125 Å². The van der Waals surface area contributed by atoms with Gasteiger partial charge in [-0.05, 0) is 44.9 Å². The van der Waals surface area contributed by atoms with Crippen molar-refractivity contribution in [3.63, 3.8) is 0 Å². The summed E-state index contributed by atoms with van der Waals surface area (Å²) in [5.74, 6) is -0.504. The summed E-state index contributed by atoms with van der Waals surface area (Å²) in [6.45, 7) is 7.12. The molecule has 0 aromatic heterocycles. The van der Waals surface area contributed by atoms with Gasteiger partial charge in [-0.1, -0.05) is 12.1 Å². The average molecular weight is 293 g/mol. The number of carbonyl (C=O) groups is 2. The van der Waals surface area contributed by atoms with Gasteiger partial charge in [0.15, 0.2) is 0 Å². The van der Waals surface area contributed by atoms with Gasteiger partial charge in [-0.25, -0.2) is 4.79 Å². The third kappa shape index (κ3) is 3.74. The van der Waals surface area contributed by atoms with E-state index in [-0.39, 0.29) is 12.3 Å². The van der Waals surface area contributed by atoms with Gasteiger partial charge >= 0.3 is 5.97 Å². The summed E-state index contributed by atoms with van der Waals surface area (Å²) in [6, 6.07) is 5.56. The zero-order valence-corrected chi connectivity index (χ0v) is 13.3. The summed E-state index contributed by atoms with van der Waals surface area (Å²) < 4.78 is 5.24. The van der Waals surface area contributed by atoms with E-state index in [0.717, 1.165) is 16.9 Å². The minimum absolute atomic E-state index is 0.154. The van der Waals surface area contributed by atoms with Crippen LogP contribution < -0.4 is 4.74 Å². The number of nitrogens with zero attached hydrogens (tertiary/aromatic N) is 1. The van der Waals surface area contributed by atoms with Crippen molar-refractivity contribution >= 4 is 11.9 Å². The second kappa shape index (κ2) is 6.61. The lowest BCUT2D eigenvalue weighted by Gasteiger charge is -2.34. The molecular weight excluding hydrogens is 270 g/mol. The maximum atomic E-state index is 12.4. The van der Waals surface area contributed by atoms with Crippen LogP contribution in [0, 0.1) is 6.92 Å². The molecule has 1 aromatic rings. The number of ether oxygens (including phenoxy) is 1. The standard InChI is InChI=1S/C16H23NO4/c1-6-17(16(3,4)15(19)20)14(18)10-12-8-7-11(2)13(9-12)21-5/h7-9H,6,10H2,1-5H3,(H,19,20). The lowest BCUT2D eigenvalue weighted by molar-refractivity contribution is -0.156. The molecular formula is C16H23NO4. The molecule has 0 aliphatic rings. The highest BCUT2D eigenvalue weighted by atomic mass is 16.5. The minimum Gasteiger partial charge on any atom is -0.496 e. The summed E-state index contributed by atoms with van der Waals surface area (Å²) in [6.07, 6.45) is 0.154. The van der Waals surface area contributed by atoms with Crippen molar-refractivity contribution < 1.29 is 19.4 Å². The Morgan fingerprint density at radius 2 is 1.95 bits per heavy atom. The van der Waals surface area contributed by atoms with Gasteiger partial charge < -0.3 is 14.7 Å². The molecule has 5 heteroatoms. The Kier molecular flexibility index (Phi) is 5.35. The molecule has 0 radical (unpaired) electrons. The maximum absolute atomic E-state index is 12.4. The number of rotatable bonds is 6. The number of hydrogen-bond acceptors (Lipinski definition) is 3. The first-order chi connectivity index (χ1) is 9.73. The lowest BCUT2D eigenvalue weighted by atomic mass is 10.0. The van der Waals surface area contributed by atoms with Crippen LogP contribution in [0.25, 0.3) is 0 Å². The predicted molar refractivity (Wildman–Crippen MR) is 80.5 cm³/mol. The zero-order chi connectivity index (χ0) is 16.2. The monoisotopic (exact) mass is 293 g/mol. The van der Waals surface area contributed by atoms with Crippen molar-refractivity contribution in [2.75, 3.05) is 13.7 Å². The van der Waals surface area contributed by atoms with Crippen LogP contribution >= 0.6 is 0 Å². The van der Waals surface area contributed by atoms with Crippen LogP contribution in [0.5, 0.6) is 5.75 Å². The highest BCUT2D eigenvalue weighted by Gasteiger charge is 2.36. The van der Waals surface area contributed by atoms with Crippen LogP contribution in [0.15, 0.2) is 18.2 Å². The quantitative estimate of drug-likeness (QED) is 0.873. The van der Waals surface area contributed by atoms with Gasteiger partial charge in [0.05, 0.1) is 13.5 Å². The van der Waals surface area contributed by atoms with Gasteiger partial charge in [-0.15, -0.1) is 0 Å². The maximum Gasteiger partial charge on any atom is 0.329 e. The van der Waals surface area contributed by atoms with Crippen LogP contribution in [-0.4, -0.2) is 41.1 Å². The first-order valence-corrected chi connectivity index (χ1v) is 6.91. The molecule has 116 valence electrons. The molecule has 1 aromatic carbocycles. The van der Waals surface area contributed by atoms with E-state index in [4.69, 9.17) is 4.74 Å². The molecule has 0 saturated heterocycles. The average Bonchev–Trinajstić information content (AvgIpc) is 2.41. The number of amides is 1.